The summed E-state index contributed by atoms with van der Waals surface area (Å²) in [4.78, 5) is 0. The molecule has 1 fully saturated rings. The van der Waals surface area contributed by atoms with E-state index in [0.29, 0.717) is 46.8 Å². The Balaban J connectivity index is 1.97. The maximum Gasteiger partial charge on any atom is 0.187 e. The van der Waals surface area contributed by atoms with Gasteiger partial charge in [0.05, 0.1) is 24.5 Å². The highest BCUT2D eigenvalue weighted by atomic mass is 35.5. The van der Waals surface area contributed by atoms with Gasteiger partial charge in [-0.1, -0.05) is 44.7 Å². The molecule has 7 heteroatoms. The molecule has 0 atom stereocenters. The van der Waals surface area contributed by atoms with E-state index in [1.165, 1.54) is 19.3 Å². The van der Waals surface area contributed by atoms with Crippen LogP contribution in [0, 0.1) is 5.92 Å². The van der Waals surface area contributed by atoms with Crippen LogP contribution in [0.1, 0.15) is 58.4 Å². The molecule has 27 heavy (non-hydrogen) atoms. The molecule has 0 aliphatic heterocycles. The Labute approximate surface area is 172 Å². The molecule has 5 nitrogen and oxygen atoms in total. The predicted octanol–water partition coefficient (Wildman–Crippen LogP) is 4.90. The Morgan fingerprint density at radius 1 is 1.30 bits per heavy atom. The Morgan fingerprint density at radius 3 is 2.70 bits per heavy atom. The quantitative estimate of drug-likeness (QED) is 0.362. The van der Waals surface area contributed by atoms with Crippen LogP contribution in [0.5, 0.6) is 11.5 Å². The number of nitrogens with zero attached hydrogens (tertiary/aromatic N) is 1. The molecule has 0 amide bonds. The summed E-state index contributed by atoms with van der Waals surface area (Å²) in [7, 11) is 0. The van der Waals surface area contributed by atoms with Crippen LogP contribution in [-0.2, 0) is 0 Å². The topological polar surface area (TPSA) is 54.9 Å². The van der Waals surface area contributed by atoms with Gasteiger partial charge in [0, 0.05) is 6.04 Å². The summed E-state index contributed by atoms with van der Waals surface area (Å²) < 4.78 is 11.5. The normalized spacial score (nSPS) is 15.1. The van der Waals surface area contributed by atoms with Gasteiger partial charge in [-0.3, -0.25) is 5.43 Å². The molecule has 0 spiro atoms. The fourth-order valence-corrected chi connectivity index (χ4v) is 3.44. The molecule has 2 N–H and O–H groups in total. The molecule has 1 aromatic rings. The SMILES string of the molecule is CCOc1cc(/C=N\NC(=S)NC2CCCCC2)cc(Cl)c1OCC(C)C. The number of nitrogens with one attached hydrogen (secondary N) is 2. The van der Waals surface area contributed by atoms with E-state index in [9.17, 15) is 0 Å². The van der Waals surface area contributed by atoms with Crippen LogP contribution in [-0.4, -0.2) is 30.6 Å². The smallest absolute Gasteiger partial charge is 0.187 e. The second kappa shape index (κ2) is 11.3. The summed E-state index contributed by atoms with van der Waals surface area (Å²) in [6, 6.07) is 4.13. The lowest BCUT2D eigenvalue weighted by atomic mass is 9.96. The molecule has 0 unspecified atom stereocenters. The van der Waals surface area contributed by atoms with Crippen molar-refractivity contribution >= 4 is 35.1 Å². The van der Waals surface area contributed by atoms with Crippen molar-refractivity contribution in [1.82, 2.24) is 10.7 Å². The second-order valence-electron chi connectivity index (χ2n) is 7.15. The van der Waals surface area contributed by atoms with Crippen molar-refractivity contribution in [3.05, 3.63) is 22.7 Å². The van der Waals surface area contributed by atoms with Crippen molar-refractivity contribution in [2.75, 3.05) is 13.2 Å². The predicted molar refractivity (Wildman–Crippen MR) is 116 cm³/mol. The lowest BCUT2D eigenvalue weighted by Gasteiger charge is -2.23. The zero-order valence-corrected chi connectivity index (χ0v) is 18.0. The van der Waals surface area contributed by atoms with Gasteiger partial charge in [-0.05, 0) is 55.6 Å². The Kier molecular flexibility index (Phi) is 9.15. The first kappa shape index (κ1) is 21.8. The maximum atomic E-state index is 6.40. The monoisotopic (exact) mass is 411 g/mol. The fraction of sp³-hybridized carbons (Fsp3) is 0.600. The first-order chi connectivity index (χ1) is 13.0. The van der Waals surface area contributed by atoms with Crippen LogP contribution in [0.25, 0.3) is 0 Å². The van der Waals surface area contributed by atoms with Crippen molar-refractivity contribution in [3.8, 4) is 11.5 Å². The van der Waals surface area contributed by atoms with Crippen LogP contribution >= 0.6 is 23.8 Å². The van der Waals surface area contributed by atoms with E-state index in [-0.39, 0.29) is 0 Å². The highest BCUT2D eigenvalue weighted by Gasteiger charge is 2.14. The van der Waals surface area contributed by atoms with Crippen LogP contribution in [0.15, 0.2) is 17.2 Å². The number of hydrogen-bond donors (Lipinski definition) is 2. The molecule has 1 aromatic carbocycles. The molecule has 0 radical (unpaired) electrons. The van der Waals surface area contributed by atoms with Gasteiger partial charge in [0.25, 0.3) is 0 Å². The largest absolute Gasteiger partial charge is 0.490 e. The number of rotatable bonds is 8. The Bertz CT molecular complexity index is 646. The van der Waals surface area contributed by atoms with Crippen molar-refractivity contribution in [2.24, 2.45) is 11.0 Å². The molecule has 0 heterocycles. The van der Waals surface area contributed by atoms with Crippen LogP contribution in [0.2, 0.25) is 5.02 Å². The van der Waals surface area contributed by atoms with Gasteiger partial charge in [-0.15, -0.1) is 0 Å². The second-order valence-corrected chi connectivity index (χ2v) is 7.96. The third-order valence-electron chi connectivity index (χ3n) is 4.21. The summed E-state index contributed by atoms with van der Waals surface area (Å²) in [6.07, 6.45) is 7.83. The van der Waals surface area contributed by atoms with Crippen molar-refractivity contribution < 1.29 is 9.47 Å². The summed E-state index contributed by atoms with van der Waals surface area (Å²) in [6.45, 7) is 7.21. The number of thiocarbonyl (C=S) groups is 1. The third-order valence-corrected chi connectivity index (χ3v) is 4.70. The maximum absolute atomic E-state index is 6.40. The van der Waals surface area contributed by atoms with E-state index in [4.69, 9.17) is 33.3 Å². The average molecular weight is 412 g/mol. The molecule has 1 saturated carbocycles. The zero-order valence-electron chi connectivity index (χ0n) is 16.4. The molecular weight excluding hydrogens is 382 g/mol. The summed E-state index contributed by atoms with van der Waals surface area (Å²) in [5.74, 6) is 1.60. The summed E-state index contributed by atoms with van der Waals surface area (Å²) >= 11 is 11.7. The highest BCUT2D eigenvalue weighted by Crippen LogP contribution is 2.36. The minimum atomic E-state index is 0.402. The Hall–Kier alpha value is -1.53. The standard InChI is InChI=1S/C20H30ClN3O2S/c1-4-25-18-11-15(10-17(21)19(18)26-13-14(2)3)12-22-24-20(27)23-16-8-6-5-7-9-16/h10-12,14,16H,4-9,13H2,1-3H3,(H2,23,24,27)/b22-12-. The summed E-state index contributed by atoms with van der Waals surface area (Å²) in [5, 5.41) is 8.59. The van der Waals surface area contributed by atoms with Gasteiger partial charge in [-0.2, -0.15) is 5.10 Å². The number of hydrogen-bond acceptors (Lipinski definition) is 4. The number of ether oxygens (including phenoxy) is 2. The summed E-state index contributed by atoms with van der Waals surface area (Å²) in [5.41, 5.74) is 3.69. The van der Waals surface area contributed by atoms with Gasteiger partial charge in [0.15, 0.2) is 16.6 Å². The zero-order chi connectivity index (χ0) is 19.6. The van der Waals surface area contributed by atoms with E-state index in [1.807, 2.05) is 19.1 Å². The molecule has 150 valence electrons. The first-order valence-corrected chi connectivity index (χ1v) is 10.5. The lowest BCUT2D eigenvalue weighted by Crippen LogP contribution is -2.40. The number of benzene rings is 1. The van der Waals surface area contributed by atoms with E-state index >= 15 is 0 Å². The molecule has 2 rings (SSSR count). The molecule has 0 bridgehead atoms. The van der Waals surface area contributed by atoms with Gasteiger partial charge in [0.2, 0.25) is 0 Å². The lowest BCUT2D eigenvalue weighted by molar-refractivity contribution is 0.248. The molecule has 1 aliphatic rings. The van der Waals surface area contributed by atoms with E-state index in [1.54, 1.807) is 6.21 Å². The van der Waals surface area contributed by atoms with E-state index in [2.05, 4.69) is 29.7 Å². The van der Waals surface area contributed by atoms with Gasteiger partial charge < -0.3 is 14.8 Å². The van der Waals surface area contributed by atoms with Crippen molar-refractivity contribution in [3.63, 3.8) is 0 Å². The Morgan fingerprint density at radius 2 is 2.04 bits per heavy atom. The van der Waals surface area contributed by atoms with E-state index in [0.717, 1.165) is 18.4 Å². The van der Waals surface area contributed by atoms with Gasteiger partial charge >= 0.3 is 0 Å². The highest BCUT2D eigenvalue weighted by molar-refractivity contribution is 7.80. The van der Waals surface area contributed by atoms with Crippen LogP contribution in [0.3, 0.4) is 0 Å². The number of hydrazone groups is 1. The van der Waals surface area contributed by atoms with Crippen molar-refractivity contribution in [2.45, 2.75) is 58.9 Å². The first-order valence-electron chi connectivity index (χ1n) is 9.68. The molecule has 1 aliphatic carbocycles. The fourth-order valence-electron chi connectivity index (χ4n) is 2.95. The minimum absolute atomic E-state index is 0.402. The molecular formula is C20H30ClN3O2S. The van der Waals surface area contributed by atoms with E-state index < -0.39 is 0 Å². The van der Waals surface area contributed by atoms with Crippen LogP contribution in [0.4, 0.5) is 0 Å². The third kappa shape index (κ3) is 7.54. The van der Waals surface area contributed by atoms with Gasteiger partial charge in [-0.25, -0.2) is 0 Å². The van der Waals surface area contributed by atoms with Crippen molar-refractivity contribution in [1.29, 1.82) is 0 Å². The number of halogens is 1. The average Bonchev–Trinajstić information content (AvgIpc) is 2.62. The minimum Gasteiger partial charge on any atom is -0.490 e. The van der Waals surface area contributed by atoms with Gasteiger partial charge in [0.1, 0.15) is 0 Å². The van der Waals surface area contributed by atoms with Crippen LogP contribution < -0.4 is 20.2 Å². The molecule has 0 aromatic heterocycles. The molecule has 0 saturated heterocycles.